The van der Waals surface area contributed by atoms with E-state index in [1.807, 2.05) is 31.2 Å². The van der Waals surface area contributed by atoms with Crippen LogP contribution in [0.2, 0.25) is 0 Å². The first-order valence-corrected chi connectivity index (χ1v) is 10.8. The van der Waals surface area contributed by atoms with E-state index in [1.54, 1.807) is 14.2 Å². The smallest absolute Gasteiger partial charge is 0.263 e. The van der Waals surface area contributed by atoms with Gasteiger partial charge in [0.2, 0.25) is 5.91 Å². The fourth-order valence-electron chi connectivity index (χ4n) is 3.69. The third-order valence-electron chi connectivity index (χ3n) is 5.14. The van der Waals surface area contributed by atoms with Gasteiger partial charge in [-0.3, -0.25) is 14.2 Å². The van der Waals surface area contributed by atoms with Crippen LogP contribution in [0, 0.1) is 0 Å². The first kappa shape index (κ1) is 22.0. The van der Waals surface area contributed by atoms with Gasteiger partial charge >= 0.3 is 0 Å². The van der Waals surface area contributed by atoms with Crippen molar-refractivity contribution in [3.05, 3.63) is 45.3 Å². The lowest BCUT2D eigenvalue weighted by atomic mass is 10.0. The van der Waals surface area contributed by atoms with E-state index < -0.39 is 11.9 Å². The number of nitrogens with zero attached hydrogens (tertiary/aromatic N) is 2. The Morgan fingerprint density at radius 2 is 2.07 bits per heavy atom. The third-order valence-corrected chi connectivity index (χ3v) is 6.37. The second-order valence-corrected chi connectivity index (χ2v) is 8.02. The zero-order valence-electron chi connectivity index (χ0n) is 17.7. The molecule has 0 aliphatic carbocycles. The van der Waals surface area contributed by atoms with Crippen molar-refractivity contribution in [3.8, 4) is 16.9 Å². The van der Waals surface area contributed by atoms with Crippen molar-refractivity contribution < 1.29 is 14.3 Å². The van der Waals surface area contributed by atoms with Gasteiger partial charge in [0, 0.05) is 24.0 Å². The van der Waals surface area contributed by atoms with Crippen LogP contribution in [0.1, 0.15) is 37.0 Å². The summed E-state index contributed by atoms with van der Waals surface area (Å²) < 4.78 is 12.0. The van der Waals surface area contributed by atoms with Crippen LogP contribution in [0.25, 0.3) is 21.3 Å². The van der Waals surface area contributed by atoms with Crippen molar-refractivity contribution in [2.45, 2.75) is 39.2 Å². The van der Waals surface area contributed by atoms with Crippen LogP contribution in [-0.2, 0) is 22.4 Å². The molecule has 0 radical (unpaired) electrons. The summed E-state index contributed by atoms with van der Waals surface area (Å²) in [4.78, 5) is 32.4. The molecular formula is C22H27N3O4S. The van der Waals surface area contributed by atoms with Crippen LogP contribution in [-0.4, -0.2) is 36.3 Å². The van der Waals surface area contributed by atoms with Gasteiger partial charge in [0.1, 0.15) is 22.4 Å². The fourth-order valence-corrected chi connectivity index (χ4v) is 4.83. The lowest BCUT2D eigenvalue weighted by molar-refractivity contribution is -0.121. The number of fused-ring (bicyclic) bond motifs is 1. The zero-order chi connectivity index (χ0) is 21.8. The molecule has 0 fully saturated rings. The number of carbonyl (C=O) groups is 1. The van der Waals surface area contributed by atoms with Gasteiger partial charge in [-0.25, -0.2) is 4.98 Å². The normalized spacial score (nSPS) is 12.3. The van der Waals surface area contributed by atoms with Crippen molar-refractivity contribution in [3.63, 3.8) is 0 Å². The third kappa shape index (κ3) is 3.97. The number of rotatable bonds is 9. The number of methoxy groups -OCH3 is 2. The van der Waals surface area contributed by atoms with E-state index in [4.69, 9.17) is 20.2 Å². The van der Waals surface area contributed by atoms with Gasteiger partial charge in [-0.05, 0) is 30.5 Å². The highest BCUT2D eigenvalue weighted by molar-refractivity contribution is 7.19. The summed E-state index contributed by atoms with van der Waals surface area (Å²) in [6.45, 7) is 4.28. The molecule has 8 heteroatoms. The molecule has 0 saturated heterocycles. The molecule has 0 aliphatic rings. The molecule has 1 atom stereocenters. The number of hydrogen-bond acceptors (Lipinski definition) is 6. The number of benzene rings is 1. The van der Waals surface area contributed by atoms with Gasteiger partial charge in [-0.1, -0.05) is 26.0 Å². The number of aromatic nitrogens is 2. The van der Waals surface area contributed by atoms with Crippen molar-refractivity contribution in [2.24, 2.45) is 5.73 Å². The van der Waals surface area contributed by atoms with Gasteiger partial charge in [0.15, 0.2) is 0 Å². The minimum absolute atomic E-state index is 0.245. The van der Waals surface area contributed by atoms with Crippen LogP contribution in [0.4, 0.5) is 0 Å². The largest absolute Gasteiger partial charge is 0.497 e. The molecule has 0 bridgehead atoms. The van der Waals surface area contributed by atoms with Gasteiger partial charge in [-0.15, -0.1) is 11.3 Å². The lowest BCUT2D eigenvalue weighted by Crippen LogP contribution is -2.36. The van der Waals surface area contributed by atoms with Crippen LogP contribution in [0.15, 0.2) is 29.1 Å². The van der Waals surface area contributed by atoms with E-state index in [0.29, 0.717) is 41.2 Å². The summed E-state index contributed by atoms with van der Waals surface area (Å²) in [7, 11) is 3.20. The van der Waals surface area contributed by atoms with Gasteiger partial charge < -0.3 is 15.2 Å². The molecule has 2 aromatic heterocycles. The predicted molar refractivity (Wildman–Crippen MR) is 119 cm³/mol. The minimum Gasteiger partial charge on any atom is -0.497 e. The maximum Gasteiger partial charge on any atom is 0.263 e. The molecule has 30 heavy (non-hydrogen) atoms. The summed E-state index contributed by atoms with van der Waals surface area (Å²) in [5, 5.41) is 0.519. The molecule has 0 saturated carbocycles. The Kier molecular flexibility index (Phi) is 6.89. The topological polar surface area (TPSA) is 96.4 Å². The van der Waals surface area contributed by atoms with Crippen LogP contribution in [0.5, 0.6) is 5.75 Å². The Morgan fingerprint density at radius 1 is 1.30 bits per heavy atom. The summed E-state index contributed by atoms with van der Waals surface area (Å²) in [5.74, 6) is 0.678. The summed E-state index contributed by atoms with van der Waals surface area (Å²) in [6.07, 6.45) is 1.58. The maximum atomic E-state index is 13.7. The van der Waals surface area contributed by atoms with E-state index in [-0.39, 0.29) is 5.56 Å². The first-order valence-electron chi connectivity index (χ1n) is 9.96. The highest BCUT2D eigenvalue weighted by atomic mass is 32.1. The van der Waals surface area contributed by atoms with E-state index in [1.165, 1.54) is 15.9 Å². The van der Waals surface area contributed by atoms with E-state index in [9.17, 15) is 9.59 Å². The minimum atomic E-state index is -0.760. The number of ether oxygens (including phenoxy) is 2. The highest BCUT2D eigenvalue weighted by Gasteiger charge is 2.26. The summed E-state index contributed by atoms with van der Waals surface area (Å²) >= 11 is 1.51. The van der Waals surface area contributed by atoms with Crippen LogP contribution in [0.3, 0.4) is 0 Å². The second kappa shape index (κ2) is 9.40. The molecule has 7 nitrogen and oxygen atoms in total. The summed E-state index contributed by atoms with van der Waals surface area (Å²) in [6, 6.07) is 6.87. The molecule has 1 aromatic carbocycles. The fraction of sp³-hybridized carbons (Fsp3) is 0.409. The molecule has 2 N–H and O–H groups in total. The van der Waals surface area contributed by atoms with E-state index in [2.05, 4.69) is 6.92 Å². The zero-order valence-corrected chi connectivity index (χ0v) is 18.5. The molecule has 3 rings (SSSR count). The van der Waals surface area contributed by atoms with Crippen LogP contribution < -0.4 is 16.0 Å². The maximum absolute atomic E-state index is 13.7. The SMILES string of the molecule is CCc1sc2nc(CCOC)n(C(CC)C(N)=O)c(=O)c2c1-c1cccc(OC)c1. The Hall–Kier alpha value is -2.71. The molecule has 160 valence electrons. The Balaban J connectivity index is 2.38. The number of amides is 1. The standard InChI is InChI=1S/C22H27N3O4S/c1-5-15(20(23)26)25-17(10-11-28-3)24-21-19(22(25)27)18(16(6-2)30-21)13-8-7-9-14(12-13)29-4/h7-9,12,15H,5-6,10-11H2,1-4H3,(H2,23,26). The summed E-state index contributed by atoms with van der Waals surface area (Å²) in [5.41, 5.74) is 7.13. The second-order valence-electron chi connectivity index (χ2n) is 6.94. The van der Waals surface area contributed by atoms with Crippen molar-refractivity contribution >= 4 is 27.5 Å². The Morgan fingerprint density at radius 3 is 2.67 bits per heavy atom. The number of primary amides is 1. The van der Waals surface area contributed by atoms with Gasteiger partial charge in [-0.2, -0.15) is 0 Å². The number of aryl methyl sites for hydroxylation is 1. The molecule has 1 amide bonds. The number of thiophene rings is 1. The van der Waals surface area contributed by atoms with Crippen molar-refractivity contribution in [1.29, 1.82) is 0 Å². The molecular weight excluding hydrogens is 402 g/mol. The predicted octanol–water partition coefficient (Wildman–Crippen LogP) is 3.32. The number of hydrogen-bond donors (Lipinski definition) is 1. The highest BCUT2D eigenvalue weighted by Crippen LogP contribution is 2.38. The van der Waals surface area contributed by atoms with Crippen LogP contribution >= 0.6 is 11.3 Å². The van der Waals surface area contributed by atoms with Gasteiger partial charge in [0.25, 0.3) is 5.56 Å². The lowest BCUT2D eigenvalue weighted by Gasteiger charge is -2.19. The molecule has 0 spiro atoms. The molecule has 3 aromatic rings. The molecule has 0 aliphatic heterocycles. The van der Waals surface area contributed by atoms with Crippen molar-refractivity contribution in [1.82, 2.24) is 9.55 Å². The quantitative estimate of drug-likeness (QED) is 0.563. The Labute approximate surface area is 179 Å². The van der Waals surface area contributed by atoms with Gasteiger partial charge in [0.05, 0.1) is 19.1 Å². The van der Waals surface area contributed by atoms with E-state index in [0.717, 1.165) is 22.4 Å². The molecule has 1 unspecified atom stereocenters. The first-order chi connectivity index (χ1) is 14.5. The average molecular weight is 430 g/mol. The number of carbonyl (C=O) groups excluding carboxylic acids is 1. The average Bonchev–Trinajstić information content (AvgIpc) is 3.13. The van der Waals surface area contributed by atoms with E-state index >= 15 is 0 Å². The molecule has 2 heterocycles. The van der Waals surface area contributed by atoms with Crippen molar-refractivity contribution in [2.75, 3.05) is 20.8 Å². The Bertz CT molecular complexity index is 1120. The monoisotopic (exact) mass is 429 g/mol. The number of nitrogens with two attached hydrogens (primary N) is 1.